The van der Waals surface area contributed by atoms with Gasteiger partial charge in [-0.1, -0.05) is 12.1 Å². The number of aryl methyl sites for hydroxylation is 1. The highest BCUT2D eigenvalue weighted by atomic mass is 32.2. The van der Waals surface area contributed by atoms with Crippen LogP contribution in [0.15, 0.2) is 46.1 Å². The predicted molar refractivity (Wildman–Crippen MR) is 90.2 cm³/mol. The average Bonchev–Trinajstić information content (AvgIpc) is 2.56. The van der Waals surface area contributed by atoms with E-state index in [1.165, 1.54) is 19.2 Å². The van der Waals surface area contributed by atoms with Crippen LogP contribution in [-0.2, 0) is 11.8 Å². The Morgan fingerprint density at radius 1 is 1.25 bits per heavy atom. The van der Waals surface area contributed by atoms with E-state index in [2.05, 4.69) is 10.4 Å². The number of aliphatic carboxylic acids is 1. The zero-order valence-corrected chi connectivity index (χ0v) is 14.0. The molecule has 126 valence electrons. The predicted octanol–water partition coefficient (Wildman–Crippen LogP) is 1.45. The van der Waals surface area contributed by atoms with Crippen molar-refractivity contribution in [2.24, 2.45) is 7.05 Å². The molecule has 0 spiro atoms. The van der Waals surface area contributed by atoms with E-state index in [9.17, 15) is 14.4 Å². The van der Waals surface area contributed by atoms with Gasteiger partial charge in [0.15, 0.2) is 0 Å². The Hall–Kier alpha value is -2.61. The number of carboxylic acids is 1. The van der Waals surface area contributed by atoms with Crippen molar-refractivity contribution in [1.29, 1.82) is 0 Å². The lowest BCUT2D eigenvalue weighted by atomic mass is 10.0. The molecule has 1 aromatic heterocycles. The average molecular weight is 347 g/mol. The van der Waals surface area contributed by atoms with Gasteiger partial charge in [0, 0.05) is 18.0 Å². The normalized spacial score (nSPS) is 11.8. The molecule has 0 saturated heterocycles. The monoisotopic (exact) mass is 347 g/mol. The van der Waals surface area contributed by atoms with E-state index >= 15 is 0 Å². The van der Waals surface area contributed by atoms with E-state index in [4.69, 9.17) is 5.11 Å². The fourth-order valence-electron chi connectivity index (χ4n) is 2.12. The number of carboxylic acid groups (broad SMARTS) is 1. The maximum absolute atomic E-state index is 12.3. The topological polar surface area (TPSA) is 101 Å². The first-order valence-corrected chi connectivity index (χ1v) is 8.34. The van der Waals surface area contributed by atoms with Crippen LogP contribution in [0.5, 0.6) is 0 Å². The molecule has 8 heteroatoms. The molecule has 0 saturated carbocycles. The summed E-state index contributed by atoms with van der Waals surface area (Å²) in [5.41, 5.74) is 0.405. The molecule has 0 aliphatic carbocycles. The van der Waals surface area contributed by atoms with E-state index in [1.54, 1.807) is 23.9 Å². The molecule has 1 unspecified atom stereocenters. The van der Waals surface area contributed by atoms with Gasteiger partial charge in [-0.2, -0.15) is 5.10 Å². The van der Waals surface area contributed by atoms with Crippen molar-refractivity contribution in [3.8, 4) is 0 Å². The van der Waals surface area contributed by atoms with Crippen molar-refractivity contribution < 1.29 is 14.7 Å². The zero-order valence-electron chi connectivity index (χ0n) is 13.2. The molecular formula is C16H17N3O4S. The van der Waals surface area contributed by atoms with Gasteiger partial charge in [0.2, 0.25) is 0 Å². The van der Waals surface area contributed by atoms with Crippen LogP contribution >= 0.6 is 11.8 Å². The van der Waals surface area contributed by atoms with Gasteiger partial charge < -0.3 is 10.4 Å². The summed E-state index contributed by atoms with van der Waals surface area (Å²) in [6, 6.07) is 9.16. The maximum Gasteiger partial charge on any atom is 0.305 e. The number of carbonyl (C=O) groups is 2. The minimum Gasteiger partial charge on any atom is -0.481 e. The van der Waals surface area contributed by atoms with Crippen LogP contribution in [-0.4, -0.2) is 33.0 Å². The van der Waals surface area contributed by atoms with Crippen molar-refractivity contribution in [2.75, 3.05) is 6.26 Å². The lowest BCUT2D eigenvalue weighted by Gasteiger charge is -2.17. The number of hydrogen-bond acceptors (Lipinski definition) is 5. The highest BCUT2D eigenvalue weighted by Gasteiger charge is 2.20. The minimum absolute atomic E-state index is 0.0493. The number of nitrogens with one attached hydrogen (secondary N) is 1. The molecular weight excluding hydrogens is 330 g/mol. The molecule has 0 radical (unpaired) electrons. The molecule has 0 aliphatic heterocycles. The van der Waals surface area contributed by atoms with Crippen molar-refractivity contribution in [3.05, 3.63) is 58.0 Å². The summed E-state index contributed by atoms with van der Waals surface area (Å²) >= 11 is 1.57. The minimum atomic E-state index is -1.03. The van der Waals surface area contributed by atoms with Gasteiger partial charge in [-0.15, -0.1) is 11.8 Å². The molecule has 2 N–H and O–H groups in total. The summed E-state index contributed by atoms with van der Waals surface area (Å²) in [5.74, 6) is -1.56. The lowest BCUT2D eigenvalue weighted by molar-refractivity contribution is -0.137. The Bertz CT molecular complexity index is 802. The quantitative estimate of drug-likeness (QED) is 0.767. The second-order valence-electron chi connectivity index (χ2n) is 5.08. The fraction of sp³-hybridized carbons (Fsp3) is 0.250. The summed E-state index contributed by atoms with van der Waals surface area (Å²) in [7, 11) is 1.44. The van der Waals surface area contributed by atoms with Crippen LogP contribution in [0.3, 0.4) is 0 Å². The van der Waals surface area contributed by atoms with Crippen LogP contribution in [0.2, 0.25) is 0 Å². The number of benzene rings is 1. The molecule has 2 rings (SSSR count). The van der Waals surface area contributed by atoms with E-state index in [0.717, 1.165) is 9.58 Å². The highest BCUT2D eigenvalue weighted by Crippen LogP contribution is 2.21. The molecule has 1 heterocycles. The van der Waals surface area contributed by atoms with Gasteiger partial charge in [-0.25, -0.2) is 4.68 Å². The Kier molecular flexibility index (Phi) is 5.75. The SMILES string of the molecule is CSc1ccc(C(CC(=O)O)NC(=O)c2ccc(=O)n(C)n2)cc1. The Balaban J connectivity index is 2.23. The van der Waals surface area contributed by atoms with Crippen molar-refractivity contribution in [1.82, 2.24) is 15.1 Å². The molecule has 1 aromatic carbocycles. The number of amides is 1. The third-order valence-electron chi connectivity index (χ3n) is 3.40. The van der Waals surface area contributed by atoms with Gasteiger partial charge in [0.25, 0.3) is 11.5 Å². The van der Waals surface area contributed by atoms with E-state index < -0.39 is 17.9 Å². The first kappa shape index (κ1) is 17.7. The standard InChI is InChI=1S/C16H17N3O4S/c1-19-14(20)8-7-12(18-19)16(23)17-13(9-15(21)22)10-3-5-11(24-2)6-4-10/h3-8,13H,9H2,1-2H3,(H,17,23)(H,21,22). The van der Waals surface area contributed by atoms with Crippen LogP contribution < -0.4 is 10.9 Å². The fourth-order valence-corrected chi connectivity index (χ4v) is 2.53. The number of carbonyl (C=O) groups excluding carboxylic acids is 1. The van der Waals surface area contributed by atoms with E-state index in [1.807, 2.05) is 18.4 Å². The van der Waals surface area contributed by atoms with Gasteiger partial charge in [-0.3, -0.25) is 14.4 Å². The first-order valence-electron chi connectivity index (χ1n) is 7.11. The molecule has 24 heavy (non-hydrogen) atoms. The summed E-state index contributed by atoms with van der Waals surface area (Å²) in [4.78, 5) is 35.8. The molecule has 1 atom stereocenters. The summed E-state index contributed by atoms with van der Waals surface area (Å²) in [5, 5.41) is 15.6. The van der Waals surface area contributed by atoms with E-state index in [0.29, 0.717) is 5.56 Å². The first-order chi connectivity index (χ1) is 11.4. The van der Waals surface area contributed by atoms with Gasteiger partial charge in [-0.05, 0) is 30.0 Å². The van der Waals surface area contributed by atoms with Crippen LogP contribution in [0.4, 0.5) is 0 Å². The van der Waals surface area contributed by atoms with Crippen molar-refractivity contribution in [2.45, 2.75) is 17.4 Å². The molecule has 1 amide bonds. The summed E-state index contributed by atoms with van der Waals surface area (Å²) < 4.78 is 1.05. The molecule has 0 fully saturated rings. The largest absolute Gasteiger partial charge is 0.481 e. The third-order valence-corrected chi connectivity index (χ3v) is 4.14. The van der Waals surface area contributed by atoms with Gasteiger partial charge >= 0.3 is 5.97 Å². The lowest BCUT2D eigenvalue weighted by Crippen LogP contribution is -2.32. The van der Waals surface area contributed by atoms with Gasteiger partial charge in [0.05, 0.1) is 12.5 Å². The number of thioether (sulfide) groups is 1. The highest BCUT2D eigenvalue weighted by molar-refractivity contribution is 7.98. The Morgan fingerprint density at radius 2 is 1.92 bits per heavy atom. The molecule has 0 aliphatic rings. The molecule has 0 bridgehead atoms. The zero-order chi connectivity index (χ0) is 17.7. The van der Waals surface area contributed by atoms with Crippen LogP contribution in [0.1, 0.15) is 28.5 Å². The smallest absolute Gasteiger partial charge is 0.305 e. The second-order valence-corrected chi connectivity index (χ2v) is 5.96. The second kappa shape index (κ2) is 7.78. The third kappa shape index (κ3) is 4.45. The molecule has 2 aromatic rings. The van der Waals surface area contributed by atoms with Crippen LogP contribution in [0.25, 0.3) is 0 Å². The Morgan fingerprint density at radius 3 is 2.46 bits per heavy atom. The number of aromatic nitrogens is 2. The van der Waals surface area contributed by atoms with E-state index in [-0.39, 0.29) is 17.7 Å². The molecule has 7 nitrogen and oxygen atoms in total. The Labute approximate surface area is 142 Å². The van der Waals surface area contributed by atoms with Gasteiger partial charge in [0.1, 0.15) is 5.69 Å². The summed E-state index contributed by atoms with van der Waals surface area (Å²) in [6.07, 6.45) is 1.69. The van der Waals surface area contributed by atoms with Crippen LogP contribution in [0, 0.1) is 0 Å². The van der Waals surface area contributed by atoms with Crippen molar-refractivity contribution >= 4 is 23.6 Å². The number of rotatable bonds is 6. The number of hydrogen-bond donors (Lipinski definition) is 2. The van der Waals surface area contributed by atoms with Crippen molar-refractivity contribution in [3.63, 3.8) is 0 Å². The number of nitrogens with zero attached hydrogens (tertiary/aromatic N) is 2. The summed E-state index contributed by atoms with van der Waals surface area (Å²) in [6.45, 7) is 0. The maximum atomic E-state index is 12.3.